The van der Waals surface area contributed by atoms with Crippen LogP contribution in [0.4, 0.5) is 0 Å². The highest BCUT2D eigenvalue weighted by Gasteiger charge is 2.17. The summed E-state index contributed by atoms with van der Waals surface area (Å²) in [6.07, 6.45) is 0. The molecule has 0 aliphatic carbocycles. The van der Waals surface area contributed by atoms with Crippen molar-refractivity contribution in [3.63, 3.8) is 0 Å². The molecule has 0 unspecified atom stereocenters. The van der Waals surface area contributed by atoms with Crippen LogP contribution in [0.1, 0.15) is 23.2 Å². The summed E-state index contributed by atoms with van der Waals surface area (Å²) < 4.78 is 9.71. The van der Waals surface area contributed by atoms with E-state index in [4.69, 9.17) is 9.26 Å². The van der Waals surface area contributed by atoms with Gasteiger partial charge in [0.2, 0.25) is 0 Å². The Bertz CT molecular complexity index is 536. The topological polar surface area (TPSA) is 78.1 Å². The molecule has 17 heavy (non-hydrogen) atoms. The molecule has 0 radical (unpaired) electrons. The number of carbonyl (C=O) groups excluding carboxylic acids is 1. The van der Waals surface area contributed by atoms with E-state index in [0.29, 0.717) is 5.69 Å². The first-order valence-corrected chi connectivity index (χ1v) is 5.15. The molecule has 0 N–H and O–H groups in total. The zero-order valence-electron chi connectivity index (χ0n) is 9.51. The summed E-state index contributed by atoms with van der Waals surface area (Å²) in [6.45, 7) is 3.83. The number of rotatable bonds is 3. The number of hydrogen-bond acceptors (Lipinski definition) is 6. The molecule has 0 amide bonds. The summed E-state index contributed by atoms with van der Waals surface area (Å²) >= 11 is 0. The molecular weight excluding hydrogens is 222 g/mol. The smallest absolute Gasteiger partial charge is 0.379 e. The highest BCUT2D eigenvalue weighted by Crippen LogP contribution is 2.14. The Labute approximate surface area is 97.6 Å². The predicted octanol–water partition coefficient (Wildman–Crippen LogP) is 1.62. The second-order valence-electron chi connectivity index (χ2n) is 3.31. The molecule has 6 nitrogen and oxygen atoms in total. The fraction of sp³-hybridized carbons (Fsp3) is 0.273. The average molecular weight is 233 g/mol. The van der Waals surface area contributed by atoms with Gasteiger partial charge in [0.1, 0.15) is 5.69 Å². The summed E-state index contributed by atoms with van der Waals surface area (Å²) in [6, 6.07) is 5.41. The molecule has 0 saturated heterocycles. The zero-order chi connectivity index (χ0) is 12.3. The van der Waals surface area contributed by atoms with E-state index in [1.54, 1.807) is 13.0 Å². The molecule has 0 saturated carbocycles. The van der Waals surface area contributed by atoms with Gasteiger partial charge in [-0.05, 0) is 31.1 Å². The molecule has 2 aromatic rings. The van der Waals surface area contributed by atoms with E-state index >= 15 is 0 Å². The van der Waals surface area contributed by atoms with Crippen molar-refractivity contribution in [2.45, 2.75) is 13.8 Å². The summed E-state index contributed by atoms with van der Waals surface area (Å²) in [4.78, 5) is 19.5. The lowest BCUT2D eigenvalue weighted by Gasteiger charge is -1.95. The minimum Gasteiger partial charge on any atom is -0.460 e. The van der Waals surface area contributed by atoms with Crippen LogP contribution in [0.5, 0.6) is 0 Å². The van der Waals surface area contributed by atoms with E-state index < -0.39 is 5.97 Å². The zero-order valence-corrected chi connectivity index (χ0v) is 9.51. The summed E-state index contributed by atoms with van der Waals surface area (Å²) in [5.74, 6) is -0.489. The Morgan fingerprint density at radius 1 is 1.41 bits per heavy atom. The lowest BCUT2D eigenvalue weighted by Crippen LogP contribution is -2.06. The van der Waals surface area contributed by atoms with Crippen molar-refractivity contribution in [1.82, 2.24) is 15.1 Å². The number of nitrogens with zero attached hydrogens (tertiary/aromatic N) is 3. The lowest BCUT2D eigenvalue weighted by atomic mass is 10.3. The number of aryl methyl sites for hydroxylation is 1. The average Bonchev–Trinajstić information content (AvgIpc) is 2.78. The molecule has 0 aliphatic heterocycles. The third-order valence-electron chi connectivity index (χ3n) is 1.99. The predicted molar refractivity (Wildman–Crippen MR) is 58.2 cm³/mol. The normalized spacial score (nSPS) is 10.2. The van der Waals surface area contributed by atoms with Gasteiger partial charge in [0.15, 0.2) is 0 Å². The van der Waals surface area contributed by atoms with Crippen molar-refractivity contribution in [1.29, 1.82) is 0 Å². The standard InChI is InChI=1S/C11H11N3O3/c1-3-16-11(15)9-13-10(17-14-9)8-6-4-5-7(2)12-8/h4-6H,3H2,1-2H3. The molecule has 0 aliphatic rings. The van der Waals surface area contributed by atoms with Crippen LogP contribution in [0.15, 0.2) is 22.7 Å². The lowest BCUT2D eigenvalue weighted by molar-refractivity contribution is 0.0508. The highest BCUT2D eigenvalue weighted by atomic mass is 16.5. The molecule has 2 rings (SSSR count). The molecular formula is C11H11N3O3. The Morgan fingerprint density at radius 3 is 2.94 bits per heavy atom. The minimum atomic E-state index is -0.602. The SMILES string of the molecule is CCOC(=O)c1noc(-c2cccc(C)n2)n1. The van der Waals surface area contributed by atoms with Crippen LogP contribution in [0.3, 0.4) is 0 Å². The van der Waals surface area contributed by atoms with Gasteiger partial charge in [-0.25, -0.2) is 9.78 Å². The maximum atomic E-state index is 11.3. The Hall–Kier alpha value is -2.24. The van der Waals surface area contributed by atoms with Crippen LogP contribution in [-0.4, -0.2) is 27.7 Å². The molecule has 0 atom stereocenters. The van der Waals surface area contributed by atoms with E-state index in [1.165, 1.54) is 0 Å². The van der Waals surface area contributed by atoms with Crippen molar-refractivity contribution >= 4 is 5.97 Å². The number of carbonyl (C=O) groups is 1. The molecule has 2 aromatic heterocycles. The first-order chi connectivity index (χ1) is 8.20. The Kier molecular flexibility index (Phi) is 3.13. The van der Waals surface area contributed by atoms with Crippen molar-refractivity contribution in [3.05, 3.63) is 29.7 Å². The first kappa shape index (κ1) is 11.3. The van der Waals surface area contributed by atoms with Crippen molar-refractivity contribution in [2.75, 3.05) is 6.61 Å². The van der Waals surface area contributed by atoms with Gasteiger partial charge < -0.3 is 9.26 Å². The van der Waals surface area contributed by atoms with Gasteiger partial charge in [0.25, 0.3) is 11.7 Å². The van der Waals surface area contributed by atoms with Gasteiger partial charge in [-0.2, -0.15) is 4.98 Å². The van der Waals surface area contributed by atoms with Crippen LogP contribution in [-0.2, 0) is 4.74 Å². The highest BCUT2D eigenvalue weighted by molar-refractivity contribution is 5.85. The van der Waals surface area contributed by atoms with Crippen molar-refractivity contribution in [3.8, 4) is 11.6 Å². The van der Waals surface area contributed by atoms with Crippen molar-refractivity contribution in [2.24, 2.45) is 0 Å². The Morgan fingerprint density at radius 2 is 2.24 bits per heavy atom. The van der Waals surface area contributed by atoms with Gasteiger partial charge in [0.05, 0.1) is 6.61 Å². The van der Waals surface area contributed by atoms with Gasteiger partial charge in [-0.15, -0.1) is 0 Å². The largest absolute Gasteiger partial charge is 0.460 e. The summed E-state index contributed by atoms with van der Waals surface area (Å²) in [7, 11) is 0. The van der Waals surface area contributed by atoms with Crippen molar-refractivity contribution < 1.29 is 14.1 Å². The molecule has 0 fully saturated rings. The van der Waals surface area contributed by atoms with E-state index in [2.05, 4.69) is 15.1 Å². The number of hydrogen-bond donors (Lipinski definition) is 0. The van der Waals surface area contributed by atoms with Crippen LogP contribution in [0, 0.1) is 6.92 Å². The molecule has 6 heteroatoms. The second-order valence-corrected chi connectivity index (χ2v) is 3.31. The maximum Gasteiger partial charge on any atom is 0.379 e. The molecule has 0 spiro atoms. The third kappa shape index (κ3) is 2.47. The van der Waals surface area contributed by atoms with Gasteiger partial charge >= 0.3 is 5.97 Å². The fourth-order valence-corrected chi connectivity index (χ4v) is 1.27. The van der Waals surface area contributed by atoms with Gasteiger partial charge in [0, 0.05) is 5.69 Å². The van der Waals surface area contributed by atoms with E-state index in [9.17, 15) is 4.79 Å². The summed E-state index contributed by atoms with van der Waals surface area (Å²) in [5, 5.41) is 3.54. The second kappa shape index (κ2) is 4.73. The molecule has 2 heterocycles. The van der Waals surface area contributed by atoms with Gasteiger partial charge in [-0.3, -0.25) is 0 Å². The van der Waals surface area contributed by atoms with E-state index in [0.717, 1.165) is 5.69 Å². The number of esters is 1. The summed E-state index contributed by atoms with van der Waals surface area (Å²) in [5.41, 5.74) is 1.37. The number of pyridine rings is 1. The van der Waals surface area contributed by atoms with Gasteiger partial charge in [-0.1, -0.05) is 6.07 Å². The molecule has 0 aromatic carbocycles. The minimum absolute atomic E-state index is 0.0924. The van der Waals surface area contributed by atoms with Crippen LogP contribution in [0.25, 0.3) is 11.6 Å². The molecule has 88 valence electrons. The Balaban J connectivity index is 2.27. The number of aromatic nitrogens is 3. The van der Waals surface area contributed by atoms with E-state index in [-0.39, 0.29) is 18.3 Å². The van der Waals surface area contributed by atoms with E-state index in [1.807, 2.05) is 19.1 Å². The first-order valence-electron chi connectivity index (χ1n) is 5.15. The van der Waals surface area contributed by atoms with Crippen LogP contribution in [0.2, 0.25) is 0 Å². The third-order valence-corrected chi connectivity index (χ3v) is 1.99. The van der Waals surface area contributed by atoms with Crippen LogP contribution >= 0.6 is 0 Å². The quantitative estimate of drug-likeness (QED) is 0.749. The number of ether oxygens (including phenoxy) is 1. The fourth-order valence-electron chi connectivity index (χ4n) is 1.27. The molecule has 0 bridgehead atoms. The van der Waals surface area contributed by atoms with Crippen LogP contribution < -0.4 is 0 Å². The monoisotopic (exact) mass is 233 g/mol. The maximum absolute atomic E-state index is 11.3.